The van der Waals surface area contributed by atoms with Gasteiger partial charge in [0, 0.05) is 23.3 Å². The van der Waals surface area contributed by atoms with Crippen LogP contribution in [0.15, 0.2) is 30.6 Å². The fraction of sp³-hybridized carbons (Fsp3) is 0.385. The highest BCUT2D eigenvalue weighted by atomic mass is 16.6. The van der Waals surface area contributed by atoms with Crippen LogP contribution in [-0.2, 0) is 10.3 Å². The zero-order valence-electron chi connectivity index (χ0n) is 19.9. The second kappa shape index (κ2) is 7.40. The predicted octanol–water partition coefficient (Wildman–Crippen LogP) is 5.01. The van der Waals surface area contributed by atoms with Crippen LogP contribution >= 0.6 is 0 Å². The third kappa shape index (κ3) is 3.62. The number of aromatic amines is 1. The summed E-state index contributed by atoms with van der Waals surface area (Å²) in [6.45, 7) is 9.17. The molecule has 1 aliphatic carbocycles. The van der Waals surface area contributed by atoms with Crippen molar-refractivity contribution >= 4 is 28.2 Å². The molecule has 0 spiro atoms. The Labute approximate surface area is 197 Å². The maximum Gasteiger partial charge on any atom is 0.419 e. The molecule has 1 atom stereocenters. The number of aromatic nitrogens is 4. The van der Waals surface area contributed by atoms with Gasteiger partial charge in [-0.25, -0.2) is 14.8 Å². The molecule has 1 aromatic carbocycles. The Morgan fingerprint density at radius 1 is 1.29 bits per heavy atom. The summed E-state index contributed by atoms with van der Waals surface area (Å²) < 4.78 is 7.12. The maximum absolute atomic E-state index is 13.0. The van der Waals surface area contributed by atoms with Gasteiger partial charge in [0.15, 0.2) is 5.65 Å². The van der Waals surface area contributed by atoms with E-state index in [9.17, 15) is 15.2 Å². The van der Waals surface area contributed by atoms with E-state index in [1.165, 1.54) is 10.8 Å². The Hall–Kier alpha value is -3.70. The quantitative estimate of drug-likeness (QED) is 0.447. The van der Waals surface area contributed by atoms with Gasteiger partial charge in [-0.1, -0.05) is 6.07 Å². The molecule has 2 N–H and O–H groups in total. The van der Waals surface area contributed by atoms with Gasteiger partial charge in [-0.2, -0.15) is 5.26 Å². The summed E-state index contributed by atoms with van der Waals surface area (Å²) in [5.41, 5.74) is 2.71. The lowest BCUT2D eigenvalue weighted by Gasteiger charge is -2.27. The number of nitriles is 1. The Balaban J connectivity index is 1.72. The number of carbonyl (C=O) groups is 1. The zero-order valence-corrected chi connectivity index (χ0v) is 19.9. The number of aliphatic hydroxyl groups is 1. The van der Waals surface area contributed by atoms with E-state index in [1.54, 1.807) is 19.2 Å². The van der Waals surface area contributed by atoms with Crippen molar-refractivity contribution in [1.82, 2.24) is 19.5 Å². The van der Waals surface area contributed by atoms with Crippen LogP contribution < -0.4 is 0 Å². The molecule has 0 amide bonds. The third-order valence-electron chi connectivity index (χ3n) is 6.21. The van der Waals surface area contributed by atoms with E-state index in [0.717, 1.165) is 34.9 Å². The number of nitrogens with zero attached hydrogens (tertiary/aromatic N) is 4. The van der Waals surface area contributed by atoms with Crippen LogP contribution in [0, 0.1) is 18.3 Å². The van der Waals surface area contributed by atoms with E-state index >= 15 is 0 Å². The Kier molecular flexibility index (Phi) is 4.81. The van der Waals surface area contributed by atoms with E-state index < -0.39 is 17.3 Å². The van der Waals surface area contributed by atoms with Gasteiger partial charge in [0.25, 0.3) is 0 Å². The van der Waals surface area contributed by atoms with E-state index in [1.807, 2.05) is 33.8 Å². The van der Waals surface area contributed by atoms with E-state index in [4.69, 9.17) is 4.74 Å². The first-order valence-electron chi connectivity index (χ1n) is 11.4. The van der Waals surface area contributed by atoms with Crippen LogP contribution in [0.4, 0.5) is 4.79 Å². The normalized spacial score (nSPS) is 15.9. The first-order chi connectivity index (χ1) is 16.0. The van der Waals surface area contributed by atoms with Gasteiger partial charge in [-0.3, -0.25) is 4.57 Å². The number of imidazole rings is 1. The standard InChI is InChI=1S/C26H27N5O3/c1-14-10-18(16-6-7-16)20(17-8-9-31(21(14)17)24(32)34-25(2,3)4)26(5,33)23-29-19-11-15(12-27)13-28-22(19)30-23/h8-11,13,16,33H,6-7H2,1-5H3,(H,28,29,30). The molecule has 3 heterocycles. The highest BCUT2D eigenvalue weighted by Crippen LogP contribution is 2.48. The zero-order chi connectivity index (χ0) is 24.4. The summed E-state index contributed by atoms with van der Waals surface area (Å²) in [5.74, 6) is 0.685. The van der Waals surface area contributed by atoms with Crippen molar-refractivity contribution in [3.05, 3.63) is 58.7 Å². The number of rotatable bonds is 3. The second-order valence-corrected chi connectivity index (χ2v) is 10.2. The molecule has 1 fully saturated rings. The number of benzene rings is 1. The van der Waals surface area contributed by atoms with E-state index in [0.29, 0.717) is 34.0 Å². The van der Waals surface area contributed by atoms with E-state index in [2.05, 4.69) is 27.1 Å². The molecular formula is C26H27N5O3. The number of pyridine rings is 1. The van der Waals surface area contributed by atoms with Crippen LogP contribution in [0.5, 0.6) is 0 Å². The number of nitrogens with one attached hydrogen (secondary N) is 1. The molecule has 8 heteroatoms. The fourth-order valence-electron chi connectivity index (χ4n) is 4.59. The topological polar surface area (TPSA) is 117 Å². The Morgan fingerprint density at radius 2 is 2.03 bits per heavy atom. The summed E-state index contributed by atoms with van der Waals surface area (Å²) in [7, 11) is 0. The summed E-state index contributed by atoms with van der Waals surface area (Å²) in [6, 6.07) is 7.63. The molecule has 174 valence electrons. The van der Waals surface area contributed by atoms with Crippen molar-refractivity contribution in [1.29, 1.82) is 5.26 Å². The fourth-order valence-corrected chi connectivity index (χ4v) is 4.59. The van der Waals surface area contributed by atoms with E-state index in [-0.39, 0.29) is 0 Å². The Bertz CT molecular complexity index is 1490. The predicted molar refractivity (Wildman–Crippen MR) is 128 cm³/mol. The second-order valence-electron chi connectivity index (χ2n) is 10.2. The number of hydrogen-bond donors (Lipinski definition) is 2. The smallest absolute Gasteiger partial charge is 0.419 e. The summed E-state index contributed by atoms with van der Waals surface area (Å²) in [4.78, 5) is 24.9. The van der Waals surface area contributed by atoms with Crippen molar-refractivity contribution in [2.45, 2.75) is 64.6 Å². The first-order valence-corrected chi connectivity index (χ1v) is 11.4. The first kappa shape index (κ1) is 22.1. The minimum absolute atomic E-state index is 0.335. The molecule has 0 bridgehead atoms. The van der Waals surface area contributed by atoms with Gasteiger partial charge in [0.2, 0.25) is 0 Å². The average molecular weight is 458 g/mol. The van der Waals surface area contributed by atoms with Crippen LogP contribution in [0.25, 0.3) is 22.1 Å². The lowest BCUT2D eigenvalue weighted by molar-refractivity contribution is 0.0544. The number of ether oxygens (including phenoxy) is 1. The molecule has 8 nitrogen and oxygen atoms in total. The van der Waals surface area contributed by atoms with Crippen molar-refractivity contribution < 1.29 is 14.6 Å². The number of carbonyl (C=O) groups excluding carboxylic acids is 1. The third-order valence-corrected chi connectivity index (χ3v) is 6.21. The van der Waals surface area contributed by atoms with Gasteiger partial charge in [0.05, 0.1) is 11.1 Å². The SMILES string of the molecule is Cc1cc(C2CC2)c(C(C)(O)c2nc3cc(C#N)cnc3[nH]2)c2ccn(C(=O)OC(C)(C)C)c12. The molecule has 0 saturated heterocycles. The number of hydrogen-bond acceptors (Lipinski definition) is 6. The van der Waals surface area contributed by atoms with Crippen LogP contribution in [0.1, 0.15) is 74.5 Å². The number of aryl methyl sites for hydroxylation is 1. The number of H-pyrrole nitrogens is 1. The molecule has 5 rings (SSSR count). The van der Waals surface area contributed by atoms with Crippen molar-refractivity contribution in [2.24, 2.45) is 0 Å². The molecular weight excluding hydrogens is 430 g/mol. The molecule has 0 aliphatic heterocycles. The monoisotopic (exact) mass is 457 g/mol. The molecule has 1 unspecified atom stereocenters. The van der Waals surface area contributed by atoms with Gasteiger partial charge in [-0.15, -0.1) is 0 Å². The van der Waals surface area contributed by atoms with Crippen LogP contribution in [0.3, 0.4) is 0 Å². The Morgan fingerprint density at radius 3 is 2.68 bits per heavy atom. The van der Waals surface area contributed by atoms with Crippen molar-refractivity contribution in [3.8, 4) is 6.07 Å². The van der Waals surface area contributed by atoms with Gasteiger partial charge >= 0.3 is 6.09 Å². The average Bonchev–Trinajstić information content (AvgIpc) is 3.35. The highest BCUT2D eigenvalue weighted by Gasteiger charge is 2.39. The lowest BCUT2D eigenvalue weighted by Crippen LogP contribution is -2.28. The number of fused-ring (bicyclic) bond motifs is 2. The summed E-state index contributed by atoms with van der Waals surface area (Å²) in [5, 5.41) is 21.9. The lowest BCUT2D eigenvalue weighted by atomic mass is 9.85. The molecule has 0 radical (unpaired) electrons. The molecule has 4 aromatic rings. The molecule has 3 aromatic heterocycles. The van der Waals surface area contributed by atoms with Crippen LogP contribution in [0.2, 0.25) is 0 Å². The summed E-state index contributed by atoms with van der Waals surface area (Å²) in [6.07, 6.45) is 4.80. The largest absolute Gasteiger partial charge is 0.443 e. The molecule has 1 aliphatic rings. The van der Waals surface area contributed by atoms with Gasteiger partial charge in [0.1, 0.15) is 28.6 Å². The minimum atomic E-state index is -1.49. The van der Waals surface area contributed by atoms with Gasteiger partial charge < -0.3 is 14.8 Å². The van der Waals surface area contributed by atoms with Gasteiger partial charge in [-0.05, 0) is 76.6 Å². The highest BCUT2D eigenvalue weighted by molar-refractivity contribution is 5.95. The molecule has 1 saturated carbocycles. The molecule has 34 heavy (non-hydrogen) atoms. The van der Waals surface area contributed by atoms with Crippen LogP contribution in [-0.4, -0.2) is 36.3 Å². The van der Waals surface area contributed by atoms with Crippen molar-refractivity contribution in [3.63, 3.8) is 0 Å². The van der Waals surface area contributed by atoms with Crippen molar-refractivity contribution in [2.75, 3.05) is 0 Å². The maximum atomic E-state index is 13.0. The summed E-state index contributed by atoms with van der Waals surface area (Å²) >= 11 is 0. The minimum Gasteiger partial charge on any atom is -0.443 e.